The number of carbonyl (C=O) groups is 2. The highest BCUT2D eigenvalue weighted by molar-refractivity contribution is 7.89. The maximum atomic E-state index is 12.9. The summed E-state index contributed by atoms with van der Waals surface area (Å²) in [5.74, 6) is -1.37. The highest BCUT2D eigenvalue weighted by Gasteiger charge is 2.29. The number of halogens is 1. The molecule has 32 heavy (non-hydrogen) atoms. The Morgan fingerprint density at radius 2 is 1.75 bits per heavy atom. The van der Waals surface area contributed by atoms with E-state index in [-0.39, 0.29) is 34.6 Å². The van der Waals surface area contributed by atoms with E-state index in [1.54, 1.807) is 0 Å². The standard InChI is InChI=1S/C22H25ClN2O6S/c1-15(17-6-4-3-5-7-17)24-21(26)16(2)31-22(27)19-14-18(8-9-20(19)23)32(28,29)25-10-12-30-13-11-25/h3-9,14-16H,10-13H2,1-2H3,(H,24,26). The number of nitrogens with one attached hydrogen (secondary N) is 1. The van der Waals surface area contributed by atoms with Crippen LogP contribution in [0.3, 0.4) is 0 Å². The molecule has 0 saturated carbocycles. The van der Waals surface area contributed by atoms with Gasteiger partial charge in [-0.2, -0.15) is 4.31 Å². The molecule has 1 aliphatic rings. The number of ether oxygens (including phenoxy) is 2. The molecule has 1 aliphatic heterocycles. The summed E-state index contributed by atoms with van der Waals surface area (Å²) in [4.78, 5) is 25.1. The first kappa shape index (κ1) is 24.2. The van der Waals surface area contributed by atoms with Crippen molar-refractivity contribution in [1.82, 2.24) is 9.62 Å². The Morgan fingerprint density at radius 3 is 2.41 bits per heavy atom. The van der Waals surface area contributed by atoms with Crippen LogP contribution in [0.15, 0.2) is 53.4 Å². The molecule has 2 unspecified atom stereocenters. The molecule has 0 radical (unpaired) electrons. The van der Waals surface area contributed by atoms with E-state index < -0.39 is 28.0 Å². The van der Waals surface area contributed by atoms with E-state index in [0.717, 1.165) is 5.56 Å². The minimum Gasteiger partial charge on any atom is -0.449 e. The number of nitrogens with zero attached hydrogens (tertiary/aromatic N) is 1. The molecular weight excluding hydrogens is 456 g/mol. The summed E-state index contributed by atoms with van der Waals surface area (Å²) in [6.45, 7) is 4.31. The van der Waals surface area contributed by atoms with Crippen LogP contribution in [-0.4, -0.2) is 57.0 Å². The molecule has 1 amide bonds. The van der Waals surface area contributed by atoms with Crippen molar-refractivity contribution in [3.05, 3.63) is 64.7 Å². The maximum Gasteiger partial charge on any atom is 0.340 e. The maximum absolute atomic E-state index is 12.9. The zero-order valence-corrected chi connectivity index (χ0v) is 19.4. The number of benzene rings is 2. The van der Waals surface area contributed by atoms with E-state index >= 15 is 0 Å². The van der Waals surface area contributed by atoms with Crippen LogP contribution < -0.4 is 5.32 Å². The fourth-order valence-electron chi connectivity index (χ4n) is 3.19. The van der Waals surface area contributed by atoms with E-state index in [9.17, 15) is 18.0 Å². The average Bonchev–Trinajstić information content (AvgIpc) is 2.80. The van der Waals surface area contributed by atoms with Gasteiger partial charge in [0.1, 0.15) is 0 Å². The minimum atomic E-state index is -3.82. The molecule has 0 bridgehead atoms. The fraction of sp³-hybridized carbons (Fsp3) is 0.364. The average molecular weight is 481 g/mol. The van der Waals surface area contributed by atoms with Crippen LogP contribution in [-0.2, 0) is 24.3 Å². The van der Waals surface area contributed by atoms with Gasteiger partial charge in [0.15, 0.2) is 6.10 Å². The molecular formula is C22H25ClN2O6S. The first-order valence-electron chi connectivity index (χ1n) is 10.1. The van der Waals surface area contributed by atoms with Crippen molar-refractivity contribution in [1.29, 1.82) is 0 Å². The Morgan fingerprint density at radius 1 is 1.09 bits per heavy atom. The van der Waals surface area contributed by atoms with Crippen LogP contribution in [0, 0.1) is 0 Å². The number of carbonyl (C=O) groups excluding carboxylic acids is 2. The summed E-state index contributed by atoms with van der Waals surface area (Å²) in [5.41, 5.74) is 0.778. The van der Waals surface area contributed by atoms with E-state index in [1.165, 1.54) is 29.4 Å². The van der Waals surface area contributed by atoms with Gasteiger partial charge in [-0.3, -0.25) is 4.79 Å². The van der Waals surface area contributed by atoms with E-state index in [2.05, 4.69) is 5.32 Å². The SMILES string of the molecule is CC(OC(=O)c1cc(S(=O)(=O)N2CCOCC2)ccc1Cl)C(=O)NC(C)c1ccccc1. The summed E-state index contributed by atoms with van der Waals surface area (Å²) < 4.78 is 37.5. The van der Waals surface area contributed by atoms with Gasteiger partial charge in [0.25, 0.3) is 5.91 Å². The summed E-state index contributed by atoms with van der Waals surface area (Å²) >= 11 is 6.12. The van der Waals surface area contributed by atoms with Gasteiger partial charge in [0.2, 0.25) is 10.0 Å². The third kappa shape index (κ3) is 5.66. The van der Waals surface area contributed by atoms with Gasteiger partial charge in [0.05, 0.1) is 34.7 Å². The first-order valence-corrected chi connectivity index (χ1v) is 12.0. The zero-order chi connectivity index (χ0) is 23.3. The molecule has 1 heterocycles. The molecule has 2 aromatic carbocycles. The second-order valence-electron chi connectivity index (χ2n) is 7.35. The Balaban J connectivity index is 1.70. The predicted molar refractivity (Wildman–Crippen MR) is 119 cm³/mol. The number of sulfonamides is 1. The number of hydrogen-bond acceptors (Lipinski definition) is 6. The van der Waals surface area contributed by atoms with Crippen LogP contribution in [0.25, 0.3) is 0 Å². The topological polar surface area (TPSA) is 102 Å². The molecule has 3 rings (SSSR count). The summed E-state index contributed by atoms with van der Waals surface area (Å²) in [7, 11) is -3.82. The predicted octanol–water partition coefficient (Wildman–Crippen LogP) is 2.78. The molecule has 172 valence electrons. The number of esters is 1. The fourth-order valence-corrected chi connectivity index (χ4v) is 4.82. The Kier molecular flexibility index (Phi) is 7.89. The van der Waals surface area contributed by atoms with Crippen molar-refractivity contribution >= 4 is 33.5 Å². The number of amides is 1. The monoisotopic (exact) mass is 480 g/mol. The molecule has 1 fully saturated rings. The highest BCUT2D eigenvalue weighted by atomic mass is 35.5. The van der Waals surface area contributed by atoms with Crippen LogP contribution >= 0.6 is 11.6 Å². The first-order chi connectivity index (χ1) is 15.2. The molecule has 2 aromatic rings. The van der Waals surface area contributed by atoms with Crippen molar-refractivity contribution in [2.75, 3.05) is 26.3 Å². The van der Waals surface area contributed by atoms with Crippen molar-refractivity contribution in [2.45, 2.75) is 30.9 Å². The lowest BCUT2D eigenvalue weighted by molar-refractivity contribution is -0.129. The molecule has 1 N–H and O–H groups in total. The van der Waals surface area contributed by atoms with Gasteiger partial charge in [0, 0.05) is 13.1 Å². The minimum absolute atomic E-state index is 0.0289. The second-order valence-corrected chi connectivity index (χ2v) is 9.69. The van der Waals surface area contributed by atoms with Crippen molar-refractivity contribution < 1.29 is 27.5 Å². The molecule has 2 atom stereocenters. The highest BCUT2D eigenvalue weighted by Crippen LogP contribution is 2.25. The molecule has 8 nitrogen and oxygen atoms in total. The van der Waals surface area contributed by atoms with E-state index in [1.807, 2.05) is 37.3 Å². The quantitative estimate of drug-likeness (QED) is 0.611. The van der Waals surface area contributed by atoms with Crippen molar-refractivity contribution in [2.24, 2.45) is 0 Å². The lowest BCUT2D eigenvalue weighted by Crippen LogP contribution is -2.40. The zero-order valence-electron chi connectivity index (χ0n) is 17.8. The van der Waals surface area contributed by atoms with Gasteiger partial charge in [-0.25, -0.2) is 13.2 Å². The van der Waals surface area contributed by atoms with Crippen LogP contribution in [0.1, 0.15) is 35.8 Å². The smallest absolute Gasteiger partial charge is 0.340 e. The van der Waals surface area contributed by atoms with E-state index in [4.69, 9.17) is 21.1 Å². The lowest BCUT2D eigenvalue weighted by Gasteiger charge is -2.26. The van der Waals surface area contributed by atoms with Gasteiger partial charge < -0.3 is 14.8 Å². The number of hydrogen-bond donors (Lipinski definition) is 1. The summed E-state index contributed by atoms with van der Waals surface area (Å²) in [6, 6.07) is 12.9. The van der Waals surface area contributed by atoms with Crippen molar-refractivity contribution in [3.8, 4) is 0 Å². The Labute approximate surface area is 192 Å². The second kappa shape index (κ2) is 10.4. The number of rotatable bonds is 7. The third-order valence-electron chi connectivity index (χ3n) is 5.08. The largest absolute Gasteiger partial charge is 0.449 e. The summed E-state index contributed by atoms with van der Waals surface area (Å²) in [6.07, 6.45) is -1.11. The Bertz CT molecular complexity index is 1070. The molecule has 0 aliphatic carbocycles. The normalized spacial score (nSPS) is 16.7. The number of morpholine rings is 1. The Hall–Kier alpha value is -2.46. The van der Waals surface area contributed by atoms with Crippen LogP contribution in [0.4, 0.5) is 0 Å². The molecule has 1 saturated heterocycles. The van der Waals surface area contributed by atoms with Crippen LogP contribution in [0.5, 0.6) is 0 Å². The van der Waals surface area contributed by atoms with E-state index in [0.29, 0.717) is 13.2 Å². The van der Waals surface area contributed by atoms with Gasteiger partial charge >= 0.3 is 5.97 Å². The molecule has 10 heteroatoms. The lowest BCUT2D eigenvalue weighted by atomic mass is 10.1. The van der Waals surface area contributed by atoms with Crippen molar-refractivity contribution in [3.63, 3.8) is 0 Å². The third-order valence-corrected chi connectivity index (χ3v) is 7.30. The van der Waals surface area contributed by atoms with Crippen LogP contribution in [0.2, 0.25) is 5.02 Å². The molecule has 0 aromatic heterocycles. The molecule has 0 spiro atoms. The van der Waals surface area contributed by atoms with Gasteiger partial charge in [-0.15, -0.1) is 0 Å². The summed E-state index contributed by atoms with van der Waals surface area (Å²) in [5, 5.41) is 2.81. The van der Waals surface area contributed by atoms with Gasteiger partial charge in [-0.05, 0) is 37.6 Å². The van der Waals surface area contributed by atoms with Gasteiger partial charge in [-0.1, -0.05) is 41.9 Å².